The van der Waals surface area contributed by atoms with Gasteiger partial charge < -0.3 is 0 Å². The number of likely N-dealkylation sites (N-methyl/N-ethyl adjacent to an activating group) is 1. The Hall–Kier alpha value is -0.0400. The molecule has 2 aliphatic rings. The van der Waals surface area contributed by atoms with E-state index in [0.29, 0.717) is 0 Å². The number of hydrogen-bond acceptors (Lipinski definition) is 1. The van der Waals surface area contributed by atoms with Crippen molar-refractivity contribution in [2.24, 2.45) is 0 Å². The first-order valence-corrected chi connectivity index (χ1v) is 3.05. The van der Waals surface area contributed by atoms with Crippen LogP contribution in [0.2, 0.25) is 0 Å². The molecule has 0 bridgehead atoms. The molecule has 1 heterocycles. The lowest BCUT2D eigenvalue weighted by Crippen LogP contribution is -2.25. The molecule has 0 amide bonds. The quantitative estimate of drug-likeness (QED) is 0.405. The highest BCUT2D eigenvalue weighted by molar-refractivity contribution is 5.10. The van der Waals surface area contributed by atoms with E-state index in [2.05, 4.69) is 11.9 Å². The third-order valence-corrected chi connectivity index (χ3v) is 2.52. The van der Waals surface area contributed by atoms with Crippen molar-refractivity contribution in [3.8, 4) is 0 Å². The lowest BCUT2D eigenvalue weighted by Gasteiger charge is -2.24. The van der Waals surface area contributed by atoms with Crippen LogP contribution < -0.4 is 0 Å². The highest BCUT2D eigenvalue weighted by Gasteiger charge is 2.53. The largest absolute Gasteiger partial charge is 0.298 e. The molecular formula is C6H11N. The van der Waals surface area contributed by atoms with Crippen LogP contribution in [0.1, 0.15) is 19.3 Å². The smallest absolute Gasteiger partial charge is 0.0334 e. The molecule has 40 valence electrons. The Morgan fingerprint density at radius 3 is 2.00 bits per heavy atom. The zero-order chi connectivity index (χ0) is 4.91. The van der Waals surface area contributed by atoms with Gasteiger partial charge in [-0.25, -0.2) is 0 Å². The Bertz CT molecular complexity index is 88.8. The molecule has 1 spiro atoms. The summed E-state index contributed by atoms with van der Waals surface area (Å²) in [5, 5.41) is 0. The number of hydrogen-bond donors (Lipinski definition) is 0. The van der Waals surface area contributed by atoms with Gasteiger partial charge in [0.1, 0.15) is 0 Å². The van der Waals surface area contributed by atoms with Crippen LogP contribution >= 0.6 is 0 Å². The summed E-state index contributed by atoms with van der Waals surface area (Å²) in [5.74, 6) is 0. The van der Waals surface area contributed by atoms with Gasteiger partial charge in [-0.3, -0.25) is 4.90 Å². The molecule has 0 aromatic carbocycles. The molecule has 0 aromatic heterocycles. The van der Waals surface area contributed by atoms with Crippen molar-refractivity contribution in [1.29, 1.82) is 0 Å². The lowest BCUT2D eigenvalue weighted by atomic mass is 9.85. The molecule has 0 N–H and O–H groups in total. The van der Waals surface area contributed by atoms with Crippen molar-refractivity contribution in [2.45, 2.75) is 24.8 Å². The van der Waals surface area contributed by atoms with Crippen molar-refractivity contribution in [3.63, 3.8) is 0 Å². The molecule has 1 heteroatoms. The molecular weight excluding hydrogens is 86.1 g/mol. The highest BCUT2D eigenvalue weighted by Crippen LogP contribution is 2.47. The van der Waals surface area contributed by atoms with Crippen molar-refractivity contribution >= 4 is 0 Å². The summed E-state index contributed by atoms with van der Waals surface area (Å²) >= 11 is 0. The van der Waals surface area contributed by atoms with E-state index in [1.54, 1.807) is 0 Å². The second kappa shape index (κ2) is 0.873. The van der Waals surface area contributed by atoms with Crippen LogP contribution in [0, 0.1) is 0 Å². The van der Waals surface area contributed by atoms with E-state index < -0.39 is 0 Å². The molecule has 0 aromatic rings. The Labute approximate surface area is 44.3 Å². The molecule has 1 aliphatic heterocycles. The van der Waals surface area contributed by atoms with Gasteiger partial charge in [0.25, 0.3) is 0 Å². The van der Waals surface area contributed by atoms with Crippen LogP contribution in [0.25, 0.3) is 0 Å². The van der Waals surface area contributed by atoms with Gasteiger partial charge in [0.2, 0.25) is 0 Å². The van der Waals surface area contributed by atoms with Crippen LogP contribution in [0.3, 0.4) is 0 Å². The highest BCUT2D eigenvalue weighted by atomic mass is 15.3. The maximum atomic E-state index is 2.45. The first-order chi connectivity index (χ1) is 3.33. The summed E-state index contributed by atoms with van der Waals surface area (Å²) in [4.78, 5) is 2.45. The van der Waals surface area contributed by atoms with Gasteiger partial charge in [-0.1, -0.05) is 0 Å². The minimum Gasteiger partial charge on any atom is -0.298 e. The SMILES string of the molecule is CN1CC12CCC2. The maximum Gasteiger partial charge on any atom is 0.0334 e. The van der Waals surface area contributed by atoms with Crippen LogP contribution in [0.4, 0.5) is 0 Å². The summed E-state index contributed by atoms with van der Waals surface area (Å²) in [6, 6.07) is 0. The van der Waals surface area contributed by atoms with Gasteiger partial charge in [-0.15, -0.1) is 0 Å². The first kappa shape index (κ1) is 3.90. The Kier molecular flexibility index (Phi) is 0.487. The number of rotatable bonds is 0. The predicted octanol–water partition coefficient (Wildman–Crippen LogP) is 0.854. The lowest BCUT2D eigenvalue weighted by molar-refractivity contribution is 0.300. The third kappa shape index (κ3) is 0.325. The fraction of sp³-hybridized carbons (Fsp3) is 1.00. The monoisotopic (exact) mass is 97.1 g/mol. The summed E-state index contributed by atoms with van der Waals surface area (Å²) in [5.41, 5.74) is 0.764. The van der Waals surface area contributed by atoms with Gasteiger partial charge in [-0.05, 0) is 26.3 Å². The average Bonchev–Trinajstić information content (AvgIpc) is 2.10. The fourth-order valence-corrected chi connectivity index (χ4v) is 1.53. The average molecular weight is 97.2 g/mol. The van der Waals surface area contributed by atoms with Crippen molar-refractivity contribution in [2.75, 3.05) is 13.6 Å². The van der Waals surface area contributed by atoms with E-state index in [1.165, 1.54) is 25.8 Å². The standard InChI is InChI=1S/C6H11N/c1-7-5-6(7)3-2-4-6/h2-5H2,1H3. The molecule has 0 radical (unpaired) electrons. The normalized spacial score (nSPS) is 43.3. The van der Waals surface area contributed by atoms with Gasteiger partial charge >= 0.3 is 0 Å². The van der Waals surface area contributed by atoms with Crippen LogP contribution in [-0.4, -0.2) is 24.0 Å². The molecule has 2 fully saturated rings. The van der Waals surface area contributed by atoms with Gasteiger partial charge in [-0.2, -0.15) is 0 Å². The van der Waals surface area contributed by atoms with Gasteiger partial charge in [0.15, 0.2) is 0 Å². The van der Waals surface area contributed by atoms with Gasteiger partial charge in [0, 0.05) is 12.1 Å². The molecule has 1 unspecified atom stereocenters. The van der Waals surface area contributed by atoms with Crippen LogP contribution in [-0.2, 0) is 0 Å². The minimum atomic E-state index is 0.764. The summed E-state index contributed by atoms with van der Waals surface area (Å²) in [6.45, 7) is 1.38. The Morgan fingerprint density at radius 2 is 2.00 bits per heavy atom. The maximum absolute atomic E-state index is 2.45. The zero-order valence-electron chi connectivity index (χ0n) is 4.78. The Morgan fingerprint density at radius 1 is 1.43 bits per heavy atom. The van der Waals surface area contributed by atoms with Crippen molar-refractivity contribution < 1.29 is 0 Å². The molecule has 1 aliphatic carbocycles. The predicted molar refractivity (Wildman–Crippen MR) is 29.2 cm³/mol. The van der Waals surface area contributed by atoms with E-state index in [0.717, 1.165) is 5.54 Å². The molecule has 1 atom stereocenters. The fourth-order valence-electron chi connectivity index (χ4n) is 1.53. The topological polar surface area (TPSA) is 3.01 Å². The number of nitrogens with zero attached hydrogens (tertiary/aromatic N) is 1. The summed E-state index contributed by atoms with van der Waals surface area (Å²) in [7, 11) is 2.22. The van der Waals surface area contributed by atoms with Crippen LogP contribution in [0.5, 0.6) is 0 Å². The van der Waals surface area contributed by atoms with E-state index in [9.17, 15) is 0 Å². The van der Waals surface area contributed by atoms with Crippen LogP contribution in [0.15, 0.2) is 0 Å². The first-order valence-electron chi connectivity index (χ1n) is 3.05. The summed E-state index contributed by atoms with van der Waals surface area (Å²) < 4.78 is 0. The molecule has 7 heavy (non-hydrogen) atoms. The van der Waals surface area contributed by atoms with Gasteiger partial charge in [0.05, 0.1) is 0 Å². The van der Waals surface area contributed by atoms with E-state index in [-0.39, 0.29) is 0 Å². The summed E-state index contributed by atoms with van der Waals surface area (Å²) in [6.07, 6.45) is 4.43. The van der Waals surface area contributed by atoms with E-state index in [4.69, 9.17) is 0 Å². The second-order valence-electron chi connectivity index (χ2n) is 2.93. The molecule has 1 saturated heterocycles. The van der Waals surface area contributed by atoms with E-state index in [1.807, 2.05) is 0 Å². The minimum absolute atomic E-state index is 0.764. The van der Waals surface area contributed by atoms with Crippen molar-refractivity contribution in [3.05, 3.63) is 0 Å². The molecule has 1 saturated carbocycles. The second-order valence-corrected chi connectivity index (χ2v) is 2.93. The third-order valence-electron chi connectivity index (χ3n) is 2.52. The molecule has 2 rings (SSSR count). The molecule has 1 nitrogen and oxygen atoms in total. The Balaban J connectivity index is 2.05. The zero-order valence-corrected chi connectivity index (χ0v) is 4.78. The van der Waals surface area contributed by atoms with E-state index >= 15 is 0 Å². The van der Waals surface area contributed by atoms with Crippen molar-refractivity contribution in [1.82, 2.24) is 4.90 Å².